The van der Waals surface area contributed by atoms with E-state index in [0.29, 0.717) is 0 Å². The van der Waals surface area contributed by atoms with Crippen LogP contribution in [0.25, 0.3) is 0 Å². The summed E-state index contributed by atoms with van der Waals surface area (Å²) in [6, 6.07) is 2.06. The van der Waals surface area contributed by atoms with Crippen molar-refractivity contribution in [1.29, 1.82) is 0 Å². The molecule has 0 aliphatic rings. The van der Waals surface area contributed by atoms with E-state index < -0.39 is 5.60 Å². The van der Waals surface area contributed by atoms with E-state index in [0.717, 1.165) is 4.88 Å². The van der Waals surface area contributed by atoms with E-state index in [1.165, 1.54) is 5.56 Å². The van der Waals surface area contributed by atoms with E-state index in [2.05, 4.69) is 26.8 Å². The number of hydrogen-bond donors (Lipinski definition) is 1. The second-order valence-electron chi connectivity index (χ2n) is 4.75. The van der Waals surface area contributed by atoms with Crippen molar-refractivity contribution in [3.8, 4) is 0 Å². The summed E-state index contributed by atoms with van der Waals surface area (Å²) in [5, 5.41) is 12.4. The Labute approximate surface area is 84.4 Å². The van der Waals surface area contributed by atoms with Crippen LogP contribution in [0.1, 0.15) is 38.1 Å². The minimum absolute atomic E-state index is 0.122. The molecule has 0 aromatic carbocycles. The molecule has 1 N–H and O–H groups in total. The van der Waals surface area contributed by atoms with Crippen molar-refractivity contribution in [1.82, 2.24) is 0 Å². The van der Waals surface area contributed by atoms with E-state index in [4.69, 9.17) is 0 Å². The Morgan fingerprint density at radius 1 is 1.23 bits per heavy atom. The lowest BCUT2D eigenvalue weighted by Gasteiger charge is -2.37. The van der Waals surface area contributed by atoms with Crippen molar-refractivity contribution in [2.75, 3.05) is 0 Å². The average molecular weight is 198 g/mol. The predicted octanol–water partition coefficient (Wildman–Crippen LogP) is 3.31. The largest absolute Gasteiger partial charge is 0.384 e. The van der Waals surface area contributed by atoms with Crippen LogP contribution in [-0.4, -0.2) is 5.11 Å². The molecule has 1 rings (SSSR count). The molecule has 2 heteroatoms. The molecule has 0 saturated heterocycles. The first-order valence-corrected chi connectivity index (χ1v) is 5.42. The molecule has 0 aliphatic carbocycles. The lowest BCUT2D eigenvalue weighted by Crippen LogP contribution is -2.36. The maximum atomic E-state index is 10.4. The van der Waals surface area contributed by atoms with Gasteiger partial charge in [0.1, 0.15) is 5.60 Å². The number of thiophene rings is 1. The summed E-state index contributed by atoms with van der Waals surface area (Å²) in [6.07, 6.45) is 0. The summed E-state index contributed by atoms with van der Waals surface area (Å²) in [6.45, 7) is 10.1. The molecule has 1 nitrogen and oxygen atoms in total. The van der Waals surface area contributed by atoms with Crippen molar-refractivity contribution in [3.05, 3.63) is 21.9 Å². The van der Waals surface area contributed by atoms with Crippen LogP contribution in [0.15, 0.2) is 11.4 Å². The van der Waals surface area contributed by atoms with Gasteiger partial charge in [-0.3, -0.25) is 0 Å². The molecule has 1 aromatic heterocycles. The molecular formula is C11H18OS. The van der Waals surface area contributed by atoms with Crippen molar-refractivity contribution >= 4 is 11.3 Å². The van der Waals surface area contributed by atoms with Crippen LogP contribution in [0.5, 0.6) is 0 Å². The van der Waals surface area contributed by atoms with Crippen LogP contribution in [0.3, 0.4) is 0 Å². The van der Waals surface area contributed by atoms with Gasteiger partial charge < -0.3 is 5.11 Å². The molecule has 0 radical (unpaired) electrons. The zero-order valence-corrected chi connectivity index (χ0v) is 9.83. The van der Waals surface area contributed by atoms with Crippen LogP contribution >= 0.6 is 11.3 Å². The first kappa shape index (κ1) is 10.7. The molecule has 1 heterocycles. The van der Waals surface area contributed by atoms with Crippen LogP contribution in [0.4, 0.5) is 0 Å². The fraction of sp³-hybridized carbons (Fsp3) is 0.636. The molecule has 0 spiro atoms. The summed E-state index contributed by atoms with van der Waals surface area (Å²) < 4.78 is 0. The maximum absolute atomic E-state index is 10.4. The topological polar surface area (TPSA) is 20.2 Å². The van der Waals surface area contributed by atoms with Crippen LogP contribution in [0.2, 0.25) is 0 Å². The Balaban J connectivity index is 3.15. The normalized spacial score (nSPS) is 17.1. The van der Waals surface area contributed by atoms with Crippen molar-refractivity contribution in [3.63, 3.8) is 0 Å². The summed E-state index contributed by atoms with van der Waals surface area (Å²) in [5.41, 5.74) is 0.332. The summed E-state index contributed by atoms with van der Waals surface area (Å²) in [7, 11) is 0. The Kier molecular flexibility index (Phi) is 2.56. The third-order valence-electron chi connectivity index (χ3n) is 2.76. The first-order valence-electron chi connectivity index (χ1n) is 4.54. The molecule has 0 fully saturated rings. The second kappa shape index (κ2) is 3.10. The Hall–Kier alpha value is -0.340. The van der Waals surface area contributed by atoms with E-state index in [1.54, 1.807) is 11.3 Å². The minimum atomic E-state index is -0.731. The average Bonchev–Trinajstić information content (AvgIpc) is 2.32. The molecule has 0 bridgehead atoms. The molecule has 1 atom stereocenters. The molecule has 0 amide bonds. The van der Waals surface area contributed by atoms with Gasteiger partial charge in [-0.1, -0.05) is 20.8 Å². The first-order chi connectivity index (χ1) is 5.77. The molecule has 74 valence electrons. The van der Waals surface area contributed by atoms with E-state index in [9.17, 15) is 5.11 Å². The van der Waals surface area contributed by atoms with Gasteiger partial charge in [-0.25, -0.2) is 0 Å². The van der Waals surface area contributed by atoms with Gasteiger partial charge in [0, 0.05) is 4.88 Å². The third-order valence-corrected chi connectivity index (χ3v) is 3.99. The Bertz CT molecular complexity index is 291. The Morgan fingerprint density at radius 3 is 2.08 bits per heavy atom. The summed E-state index contributed by atoms with van der Waals surface area (Å²) in [4.78, 5) is 1.08. The van der Waals surface area contributed by atoms with Gasteiger partial charge in [0.25, 0.3) is 0 Å². The SMILES string of the molecule is Cc1ccsc1C(C)(O)C(C)(C)C. The summed E-state index contributed by atoms with van der Waals surface area (Å²) in [5.74, 6) is 0. The Morgan fingerprint density at radius 2 is 1.77 bits per heavy atom. The standard InChI is InChI=1S/C11H18OS/c1-8-6-7-13-9(8)11(5,12)10(2,3)4/h6-7,12H,1-5H3. The highest BCUT2D eigenvalue weighted by Crippen LogP contribution is 2.42. The maximum Gasteiger partial charge on any atom is 0.101 e. The second-order valence-corrected chi connectivity index (χ2v) is 5.67. The van der Waals surface area contributed by atoms with Gasteiger partial charge in [-0.05, 0) is 36.3 Å². The number of hydrogen-bond acceptors (Lipinski definition) is 2. The fourth-order valence-corrected chi connectivity index (χ4v) is 2.41. The number of aryl methyl sites for hydroxylation is 1. The van der Waals surface area contributed by atoms with E-state index in [-0.39, 0.29) is 5.41 Å². The van der Waals surface area contributed by atoms with Gasteiger partial charge in [0.15, 0.2) is 0 Å². The van der Waals surface area contributed by atoms with E-state index in [1.807, 2.05) is 19.2 Å². The highest BCUT2D eigenvalue weighted by atomic mass is 32.1. The number of aliphatic hydroxyl groups is 1. The molecule has 13 heavy (non-hydrogen) atoms. The minimum Gasteiger partial charge on any atom is -0.384 e. The lowest BCUT2D eigenvalue weighted by molar-refractivity contribution is -0.0442. The molecule has 0 aliphatic heterocycles. The third kappa shape index (κ3) is 1.79. The lowest BCUT2D eigenvalue weighted by atomic mass is 9.76. The van der Waals surface area contributed by atoms with E-state index >= 15 is 0 Å². The predicted molar refractivity (Wildman–Crippen MR) is 58.1 cm³/mol. The quantitative estimate of drug-likeness (QED) is 0.734. The van der Waals surface area contributed by atoms with Crippen molar-refractivity contribution in [2.45, 2.75) is 40.2 Å². The van der Waals surface area contributed by atoms with Crippen molar-refractivity contribution in [2.24, 2.45) is 5.41 Å². The van der Waals surface area contributed by atoms with Crippen LogP contribution in [-0.2, 0) is 5.60 Å². The van der Waals surface area contributed by atoms with Gasteiger partial charge in [0.2, 0.25) is 0 Å². The zero-order chi connectivity index (χ0) is 10.3. The highest BCUT2D eigenvalue weighted by Gasteiger charge is 2.38. The molecule has 1 aromatic rings. The fourth-order valence-electron chi connectivity index (χ4n) is 1.21. The van der Waals surface area contributed by atoms with Gasteiger partial charge in [0.05, 0.1) is 0 Å². The smallest absolute Gasteiger partial charge is 0.101 e. The zero-order valence-electron chi connectivity index (χ0n) is 9.01. The van der Waals surface area contributed by atoms with Crippen molar-refractivity contribution < 1.29 is 5.11 Å². The van der Waals surface area contributed by atoms with Crippen LogP contribution < -0.4 is 0 Å². The highest BCUT2D eigenvalue weighted by molar-refractivity contribution is 7.10. The molecule has 0 saturated carbocycles. The summed E-state index contributed by atoms with van der Waals surface area (Å²) >= 11 is 1.63. The van der Waals surface area contributed by atoms with Gasteiger partial charge in [-0.15, -0.1) is 11.3 Å². The van der Waals surface area contributed by atoms with Gasteiger partial charge >= 0.3 is 0 Å². The monoisotopic (exact) mass is 198 g/mol. The molecular weight excluding hydrogens is 180 g/mol. The molecule has 1 unspecified atom stereocenters. The van der Waals surface area contributed by atoms with Gasteiger partial charge in [-0.2, -0.15) is 0 Å². The van der Waals surface area contributed by atoms with Crippen LogP contribution in [0, 0.1) is 12.3 Å². The number of rotatable bonds is 1.